The fraction of sp³-hybridized carbons (Fsp3) is 0.667. The van der Waals surface area contributed by atoms with Gasteiger partial charge in [0.2, 0.25) is 10.5 Å². The van der Waals surface area contributed by atoms with Gasteiger partial charge in [-0.15, -0.1) is 0 Å². The molecule has 0 aliphatic heterocycles. The Hall–Kier alpha value is -0.0800. The van der Waals surface area contributed by atoms with E-state index in [0.717, 1.165) is 0 Å². The SMILES string of the molecule is CC1CC1(C(=O)Cl)C(=O)Cl. The Kier molecular flexibility index (Phi) is 1.77. The third kappa shape index (κ3) is 0.867. The van der Waals surface area contributed by atoms with Crippen LogP contribution in [0.3, 0.4) is 0 Å². The Balaban J connectivity index is 2.83. The summed E-state index contributed by atoms with van der Waals surface area (Å²) in [5, 5.41) is -1.25. The highest BCUT2D eigenvalue weighted by atomic mass is 35.5. The molecule has 2 nitrogen and oxygen atoms in total. The predicted octanol–water partition coefficient (Wildman–Crippen LogP) is 1.54. The molecular formula is C6H6Cl2O2. The average molecular weight is 181 g/mol. The minimum Gasteiger partial charge on any atom is -0.280 e. The van der Waals surface area contributed by atoms with Gasteiger partial charge in [0.05, 0.1) is 0 Å². The van der Waals surface area contributed by atoms with Gasteiger partial charge in [-0.3, -0.25) is 9.59 Å². The Bertz CT molecular complexity index is 186. The maximum Gasteiger partial charge on any atom is 0.236 e. The van der Waals surface area contributed by atoms with Crippen LogP contribution in [0.4, 0.5) is 0 Å². The van der Waals surface area contributed by atoms with E-state index in [-0.39, 0.29) is 5.92 Å². The lowest BCUT2D eigenvalue weighted by Crippen LogP contribution is -2.19. The maximum atomic E-state index is 10.6. The normalized spacial score (nSPS) is 27.7. The van der Waals surface area contributed by atoms with Crippen LogP contribution in [0.5, 0.6) is 0 Å². The Morgan fingerprint density at radius 1 is 1.40 bits per heavy atom. The monoisotopic (exact) mass is 180 g/mol. The van der Waals surface area contributed by atoms with Crippen molar-refractivity contribution in [2.24, 2.45) is 11.3 Å². The van der Waals surface area contributed by atoms with Crippen LogP contribution in [-0.2, 0) is 9.59 Å². The quantitative estimate of drug-likeness (QED) is 0.478. The lowest BCUT2D eigenvalue weighted by molar-refractivity contribution is -0.126. The number of halogens is 2. The summed E-state index contributed by atoms with van der Waals surface area (Å²) < 4.78 is 0. The van der Waals surface area contributed by atoms with Gasteiger partial charge in [0.25, 0.3) is 0 Å². The molecule has 1 atom stereocenters. The molecule has 1 saturated carbocycles. The first-order valence-electron chi connectivity index (χ1n) is 2.91. The van der Waals surface area contributed by atoms with E-state index in [1.807, 2.05) is 0 Å². The minimum absolute atomic E-state index is 0.0162. The van der Waals surface area contributed by atoms with E-state index < -0.39 is 15.9 Å². The van der Waals surface area contributed by atoms with Crippen LogP contribution in [0.1, 0.15) is 13.3 Å². The van der Waals surface area contributed by atoms with Crippen molar-refractivity contribution in [1.82, 2.24) is 0 Å². The van der Waals surface area contributed by atoms with Crippen LogP contribution in [0.15, 0.2) is 0 Å². The van der Waals surface area contributed by atoms with Crippen molar-refractivity contribution in [2.45, 2.75) is 13.3 Å². The third-order valence-corrected chi connectivity index (χ3v) is 2.69. The van der Waals surface area contributed by atoms with E-state index >= 15 is 0 Å². The molecule has 0 aromatic rings. The maximum absolute atomic E-state index is 10.6. The molecule has 0 spiro atoms. The summed E-state index contributed by atoms with van der Waals surface area (Å²) in [5.74, 6) is 0.0162. The highest BCUT2D eigenvalue weighted by Gasteiger charge is 2.61. The molecule has 1 fully saturated rings. The highest BCUT2D eigenvalue weighted by molar-refractivity contribution is 6.75. The summed E-state index contributed by atoms with van der Waals surface area (Å²) in [6, 6.07) is 0. The number of carbonyl (C=O) groups excluding carboxylic acids is 2. The summed E-state index contributed by atoms with van der Waals surface area (Å²) in [6.07, 6.45) is 0.498. The van der Waals surface area contributed by atoms with Crippen molar-refractivity contribution in [3.05, 3.63) is 0 Å². The van der Waals surface area contributed by atoms with Crippen LogP contribution in [0.25, 0.3) is 0 Å². The first-order valence-corrected chi connectivity index (χ1v) is 3.67. The summed E-state index contributed by atoms with van der Waals surface area (Å²) in [6.45, 7) is 1.78. The molecule has 0 aromatic carbocycles. The number of carbonyl (C=O) groups is 2. The molecule has 0 amide bonds. The molecule has 1 rings (SSSR count). The number of rotatable bonds is 2. The zero-order valence-electron chi connectivity index (χ0n) is 5.36. The molecule has 1 unspecified atom stereocenters. The largest absolute Gasteiger partial charge is 0.280 e. The molecule has 1 aliphatic rings. The summed E-state index contributed by atoms with van der Waals surface area (Å²) >= 11 is 10.4. The van der Waals surface area contributed by atoms with Crippen LogP contribution >= 0.6 is 23.2 Å². The zero-order valence-corrected chi connectivity index (χ0v) is 6.87. The van der Waals surface area contributed by atoms with Crippen molar-refractivity contribution >= 4 is 33.7 Å². The van der Waals surface area contributed by atoms with Crippen molar-refractivity contribution in [3.63, 3.8) is 0 Å². The van der Waals surface area contributed by atoms with Gasteiger partial charge in [0.15, 0.2) is 0 Å². The van der Waals surface area contributed by atoms with Crippen LogP contribution in [-0.4, -0.2) is 10.5 Å². The van der Waals surface area contributed by atoms with Crippen LogP contribution < -0.4 is 0 Å². The fourth-order valence-electron chi connectivity index (χ4n) is 1.05. The second-order valence-electron chi connectivity index (χ2n) is 2.62. The second kappa shape index (κ2) is 2.21. The fourth-order valence-corrected chi connectivity index (χ4v) is 1.80. The summed E-state index contributed by atoms with van der Waals surface area (Å²) in [7, 11) is 0. The molecule has 0 aromatic heterocycles. The first-order chi connectivity index (χ1) is 4.51. The number of hydrogen-bond donors (Lipinski definition) is 0. The van der Waals surface area contributed by atoms with Gasteiger partial charge < -0.3 is 0 Å². The van der Waals surface area contributed by atoms with Gasteiger partial charge >= 0.3 is 0 Å². The van der Waals surface area contributed by atoms with Crippen molar-refractivity contribution in [2.75, 3.05) is 0 Å². The van der Waals surface area contributed by atoms with Gasteiger partial charge in [-0.25, -0.2) is 0 Å². The van der Waals surface area contributed by atoms with Crippen molar-refractivity contribution in [1.29, 1.82) is 0 Å². The molecule has 0 saturated heterocycles. The molecule has 0 bridgehead atoms. The van der Waals surface area contributed by atoms with Gasteiger partial charge in [-0.2, -0.15) is 0 Å². The Morgan fingerprint density at radius 3 is 1.70 bits per heavy atom. The lowest BCUT2D eigenvalue weighted by atomic mass is 10.1. The van der Waals surface area contributed by atoms with Crippen molar-refractivity contribution in [3.8, 4) is 0 Å². The van der Waals surface area contributed by atoms with E-state index in [2.05, 4.69) is 0 Å². The molecule has 10 heavy (non-hydrogen) atoms. The molecule has 0 heterocycles. The van der Waals surface area contributed by atoms with Gasteiger partial charge in [-0.1, -0.05) is 6.92 Å². The third-order valence-electron chi connectivity index (χ3n) is 2.01. The van der Waals surface area contributed by atoms with Gasteiger partial charge in [0.1, 0.15) is 5.41 Å². The molecule has 1 aliphatic carbocycles. The highest BCUT2D eigenvalue weighted by Crippen LogP contribution is 2.55. The first kappa shape index (κ1) is 8.02. The van der Waals surface area contributed by atoms with E-state index in [9.17, 15) is 9.59 Å². The molecular weight excluding hydrogens is 175 g/mol. The van der Waals surface area contributed by atoms with E-state index in [0.29, 0.717) is 6.42 Å². The second-order valence-corrected chi connectivity index (χ2v) is 3.31. The Labute approximate surface area is 68.5 Å². The summed E-state index contributed by atoms with van der Waals surface area (Å²) in [4.78, 5) is 21.3. The average Bonchev–Trinajstić information content (AvgIpc) is 2.42. The summed E-state index contributed by atoms with van der Waals surface area (Å²) in [5.41, 5.74) is -1.04. The smallest absolute Gasteiger partial charge is 0.236 e. The predicted molar refractivity (Wildman–Crippen MR) is 37.9 cm³/mol. The van der Waals surface area contributed by atoms with E-state index in [1.54, 1.807) is 6.92 Å². The molecule has 4 heteroatoms. The topological polar surface area (TPSA) is 34.1 Å². The number of hydrogen-bond acceptors (Lipinski definition) is 2. The minimum atomic E-state index is -1.04. The standard InChI is InChI=1S/C6H6Cl2O2/c1-3-2-6(3,4(7)9)5(8)10/h3H,2H2,1H3. The molecule has 0 radical (unpaired) electrons. The van der Waals surface area contributed by atoms with E-state index in [4.69, 9.17) is 23.2 Å². The molecule has 0 N–H and O–H groups in total. The lowest BCUT2D eigenvalue weighted by Gasteiger charge is -2.01. The van der Waals surface area contributed by atoms with Crippen LogP contribution in [0, 0.1) is 11.3 Å². The molecule has 56 valence electrons. The van der Waals surface area contributed by atoms with Gasteiger partial charge in [0, 0.05) is 0 Å². The zero-order chi connectivity index (χ0) is 7.94. The van der Waals surface area contributed by atoms with Crippen molar-refractivity contribution < 1.29 is 9.59 Å². The Morgan fingerprint density at radius 2 is 1.70 bits per heavy atom. The van der Waals surface area contributed by atoms with E-state index in [1.165, 1.54) is 0 Å². The van der Waals surface area contributed by atoms with Crippen LogP contribution in [0.2, 0.25) is 0 Å². The van der Waals surface area contributed by atoms with Gasteiger partial charge in [-0.05, 0) is 35.5 Å².